The van der Waals surface area contributed by atoms with E-state index in [1.165, 1.54) is 11.1 Å². The molecule has 1 aliphatic rings. The molecule has 0 radical (unpaired) electrons. The molecule has 1 heterocycles. The maximum atomic E-state index is 11.9. The summed E-state index contributed by atoms with van der Waals surface area (Å²) in [5, 5.41) is 4.00. The predicted octanol–water partition coefficient (Wildman–Crippen LogP) is 2.92. The number of hydrazone groups is 1. The largest absolute Gasteiger partial charge is 0.286 e. The Morgan fingerprint density at radius 3 is 2.41 bits per heavy atom. The summed E-state index contributed by atoms with van der Waals surface area (Å²) in [6, 6.07) is 16.0. The molecule has 2 aromatic carbocycles. The van der Waals surface area contributed by atoms with E-state index in [1.54, 1.807) is 6.21 Å². The van der Waals surface area contributed by atoms with E-state index in [0.717, 1.165) is 23.1 Å². The number of nitrogens with one attached hydrogen (secondary N) is 1. The first-order valence-corrected chi connectivity index (χ1v) is 7.86. The normalized spacial score (nSPS) is 14.2. The molecule has 0 saturated carbocycles. The molecule has 0 atom stereocenters. The third kappa shape index (κ3) is 3.81. The predicted molar refractivity (Wildman–Crippen MR) is 90.4 cm³/mol. The van der Waals surface area contributed by atoms with Crippen molar-refractivity contribution in [3.8, 4) is 0 Å². The second-order valence-corrected chi connectivity index (χ2v) is 6.17. The average molecular weight is 358 g/mol. The van der Waals surface area contributed by atoms with Crippen LogP contribution in [0.25, 0.3) is 0 Å². The van der Waals surface area contributed by atoms with Gasteiger partial charge in [0, 0.05) is 17.6 Å². The van der Waals surface area contributed by atoms with E-state index in [4.69, 9.17) is 0 Å². The zero-order chi connectivity index (χ0) is 15.4. The molecule has 1 amide bonds. The van der Waals surface area contributed by atoms with Gasteiger partial charge in [-0.3, -0.25) is 9.69 Å². The summed E-state index contributed by atoms with van der Waals surface area (Å²) in [7, 11) is 0. The monoisotopic (exact) mass is 357 g/mol. The van der Waals surface area contributed by atoms with Crippen LogP contribution in [0.2, 0.25) is 0 Å². The second kappa shape index (κ2) is 6.85. The fourth-order valence-corrected chi connectivity index (χ4v) is 2.75. The smallest absolute Gasteiger partial charge is 0.254 e. The highest BCUT2D eigenvalue weighted by atomic mass is 79.9. The lowest BCUT2D eigenvalue weighted by atomic mass is 10.1. The van der Waals surface area contributed by atoms with Crippen LogP contribution in [0.3, 0.4) is 0 Å². The molecule has 0 aliphatic carbocycles. The number of rotatable bonds is 4. The van der Waals surface area contributed by atoms with Gasteiger partial charge in [0.25, 0.3) is 5.91 Å². The van der Waals surface area contributed by atoms with Crippen LogP contribution in [0.15, 0.2) is 58.1 Å². The van der Waals surface area contributed by atoms with Crippen molar-refractivity contribution in [1.82, 2.24) is 10.3 Å². The lowest BCUT2D eigenvalue weighted by Crippen LogP contribution is -2.32. The van der Waals surface area contributed by atoms with Crippen LogP contribution in [0, 0.1) is 0 Å². The Balaban J connectivity index is 1.48. The van der Waals surface area contributed by atoms with Crippen molar-refractivity contribution in [2.45, 2.75) is 13.1 Å². The first-order chi connectivity index (χ1) is 10.7. The Hall–Kier alpha value is -1.98. The fourth-order valence-electron chi connectivity index (χ4n) is 2.48. The third-order valence-corrected chi connectivity index (χ3v) is 4.08. The fraction of sp³-hybridized carbons (Fsp3) is 0.176. The summed E-state index contributed by atoms with van der Waals surface area (Å²) >= 11 is 3.38. The van der Waals surface area contributed by atoms with Crippen molar-refractivity contribution in [2.24, 2.45) is 5.10 Å². The topological polar surface area (TPSA) is 44.7 Å². The van der Waals surface area contributed by atoms with Crippen LogP contribution in [0.4, 0.5) is 0 Å². The molecular weight excluding hydrogens is 342 g/mol. The van der Waals surface area contributed by atoms with Crippen molar-refractivity contribution in [2.75, 3.05) is 6.54 Å². The summed E-state index contributed by atoms with van der Waals surface area (Å²) in [4.78, 5) is 14.0. The van der Waals surface area contributed by atoms with E-state index in [-0.39, 0.29) is 5.91 Å². The molecule has 0 aromatic heterocycles. The van der Waals surface area contributed by atoms with Gasteiger partial charge in [0.15, 0.2) is 0 Å². The molecule has 0 fully saturated rings. The van der Waals surface area contributed by atoms with Crippen LogP contribution >= 0.6 is 15.9 Å². The summed E-state index contributed by atoms with van der Waals surface area (Å²) in [5.41, 5.74) is 6.12. The molecule has 3 rings (SSSR count). The Morgan fingerprint density at radius 1 is 1.14 bits per heavy atom. The van der Waals surface area contributed by atoms with Gasteiger partial charge in [-0.25, -0.2) is 5.43 Å². The van der Waals surface area contributed by atoms with Gasteiger partial charge in [-0.05, 0) is 28.8 Å². The molecule has 4 nitrogen and oxygen atoms in total. The molecule has 1 N–H and O–H groups in total. The van der Waals surface area contributed by atoms with Crippen molar-refractivity contribution in [3.63, 3.8) is 0 Å². The molecule has 112 valence electrons. The first-order valence-electron chi connectivity index (χ1n) is 7.07. The molecule has 1 aliphatic heterocycles. The van der Waals surface area contributed by atoms with E-state index in [1.807, 2.05) is 36.4 Å². The minimum atomic E-state index is -0.0961. The van der Waals surface area contributed by atoms with Crippen LogP contribution in [0.5, 0.6) is 0 Å². The van der Waals surface area contributed by atoms with Crippen LogP contribution in [-0.4, -0.2) is 23.6 Å². The van der Waals surface area contributed by atoms with Crippen LogP contribution < -0.4 is 5.43 Å². The van der Waals surface area contributed by atoms with Crippen LogP contribution in [-0.2, 0) is 17.9 Å². The summed E-state index contributed by atoms with van der Waals surface area (Å²) in [6.45, 7) is 1.99. The third-order valence-electron chi connectivity index (χ3n) is 3.55. The highest BCUT2D eigenvalue weighted by molar-refractivity contribution is 9.10. The van der Waals surface area contributed by atoms with Gasteiger partial charge in [-0.15, -0.1) is 0 Å². The van der Waals surface area contributed by atoms with E-state index in [9.17, 15) is 4.79 Å². The Labute approximate surface area is 138 Å². The standard InChI is InChI=1S/C17H16BrN3O/c18-16-7-5-13(6-8-16)9-19-20-17(22)12-21-10-14-3-1-2-4-15(14)11-21/h1-9H,10-12H2,(H,20,22)/b19-9-. The molecule has 0 bridgehead atoms. The quantitative estimate of drug-likeness (QED) is 0.675. The number of amides is 1. The van der Waals surface area contributed by atoms with Gasteiger partial charge in [0.1, 0.15) is 0 Å². The van der Waals surface area contributed by atoms with E-state index in [2.05, 4.69) is 43.5 Å². The molecule has 0 unspecified atom stereocenters. The second-order valence-electron chi connectivity index (χ2n) is 5.26. The van der Waals surface area contributed by atoms with Gasteiger partial charge < -0.3 is 0 Å². The highest BCUT2D eigenvalue weighted by Gasteiger charge is 2.19. The number of carbonyl (C=O) groups excluding carboxylic acids is 1. The number of fused-ring (bicyclic) bond motifs is 1. The maximum Gasteiger partial charge on any atom is 0.254 e. The molecule has 2 aromatic rings. The molecular formula is C17H16BrN3O. The minimum absolute atomic E-state index is 0.0961. The number of hydrogen-bond donors (Lipinski definition) is 1. The van der Waals surface area contributed by atoms with Crippen molar-refractivity contribution < 1.29 is 4.79 Å². The highest BCUT2D eigenvalue weighted by Crippen LogP contribution is 2.21. The van der Waals surface area contributed by atoms with Crippen molar-refractivity contribution in [1.29, 1.82) is 0 Å². The van der Waals surface area contributed by atoms with Gasteiger partial charge >= 0.3 is 0 Å². The molecule has 5 heteroatoms. The SMILES string of the molecule is O=C(CN1Cc2ccccc2C1)N/N=C\c1ccc(Br)cc1. The van der Waals surface area contributed by atoms with E-state index < -0.39 is 0 Å². The molecule has 22 heavy (non-hydrogen) atoms. The van der Waals surface area contributed by atoms with Gasteiger partial charge in [0.05, 0.1) is 12.8 Å². The number of carbonyl (C=O) groups is 1. The van der Waals surface area contributed by atoms with Crippen LogP contribution in [0.1, 0.15) is 16.7 Å². The van der Waals surface area contributed by atoms with Gasteiger partial charge in [-0.2, -0.15) is 5.10 Å². The zero-order valence-corrected chi connectivity index (χ0v) is 13.6. The summed E-state index contributed by atoms with van der Waals surface area (Å²) < 4.78 is 1.02. The van der Waals surface area contributed by atoms with Crippen molar-refractivity contribution >= 4 is 28.1 Å². The van der Waals surface area contributed by atoms with Crippen molar-refractivity contribution in [3.05, 3.63) is 69.7 Å². The number of hydrogen-bond acceptors (Lipinski definition) is 3. The van der Waals surface area contributed by atoms with E-state index in [0.29, 0.717) is 6.54 Å². The van der Waals surface area contributed by atoms with E-state index >= 15 is 0 Å². The Bertz CT molecular complexity index is 672. The number of nitrogens with zero attached hydrogens (tertiary/aromatic N) is 2. The lowest BCUT2D eigenvalue weighted by Gasteiger charge is -2.12. The van der Waals surface area contributed by atoms with Gasteiger partial charge in [0.2, 0.25) is 0 Å². The summed E-state index contributed by atoms with van der Waals surface area (Å²) in [5.74, 6) is -0.0961. The number of halogens is 1. The first kappa shape index (κ1) is 14.9. The zero-order valence-electron chi connectivity index (χ0n) is 12.0. The molecule has 0 saturated heterocycles. The molecule has 0 spiro atoms. The average Bonchev–Trinajstić information content (AvgIpc) is 2.91. The Kier molecular flexibility index (Phi) is 4.65. The maximum absolute atomic E-state index is 11.9. The lowest BCUT2D eigenvalue weighted by molar-refractivity contribution is -0.122. The minimum Gasteiger partial charge on any atom is -0.286 e. The number of benzene rings is 2. The van der Waals surface area contributed by atoms with Gasteiger partial charge in [-0.1, -0.05) is 52.3 Å². The Morgan fingerprint density at radius 2 is 1.77 bits per heavy atom. The summed E-state index contributed by atoms with van der Waals surface area (Å²) in [6.07, 6.45) is 1.64.